The summed E-state index contributed by atoms with van der Waals surface area (Å²) in [6.07, 6.45) is 0. The summed E-state index contributed by atoms with van der Waals surface area (Å²) < 4.78 is 10.7. The number of likely N-dealkylation sites (N-methyl/N-ethyl adjacent to an activating group) is 2. The quantitative estimate of drug-likeness (QED) is 0.742. The van der Waals surface area contributed by atoms with Crippen molar-refractivity contribution in [1.82, 2.24) is 15.2 Å². The van der Waals surface area contributed by atoms with Gasteiger partial charge in [-0.1, -0.05) is 6.92 Å². The Morgan fingerprint density at radius 1 is 1.28 bits per heavy atom. The van der Waals surface area contributed by atoms with Gasteiger partial charge in [0.1, 0.15) is 16.5 Å². The summed E-state index contributed by atoms with van der Waals surface area (Å²) in [5.41, 5.74) is 1.88. The third-order valence-corrected chi connectivity index (χ3v) is 4.69. The Labute approximate surface area is 152 Å². The van der Waals surface area contributed by atoms with Crippen molar-refractivity contribution in [2.45, 2.75) is 20.4 Å². The van der Waals surface area contributed by atoms with Crippen LogP contribution in [0.1, 0.15) is 19.5 Å². The molecule has 0 saturated carbocycles. The largest absolute Gasteiger partial charge is 0.497 e. The average molecular weight is 363 g/mol. The van der Waals surface area contributed by atoms with Crippen LogP contribution in [0, 0.1) is 0 Å². The SMILES string of the molecule is CCNC(=O)CN(CC)Cc1csc(-c2ccc(OC)cc2OC)n1. The van der Waals surface area contributed by atoms with E-state index in [0.717, 1.165) is 34.3 Å². The Morgan fingerprint density at radius 3 is 2.72 bits per heavy atom. The lowest BCUT2D eigenvalue weighted by molar-refractivity contribution is -0.122. The van der Waals surface area contributed by atoms with Gasteiger partial charge in [-0.3, -0.25) is 9.69 Å². The molecule has 25 heavy (non-hydrogen) atoms. The van der Waals surface area contributed by atoms with Gasteiger partial charge in [-0.25, -0.2) is 4.98 Å². The highest BCUT2D eigenvalue weighted by molar-refractivity contribution is 7.13. The normalized spacial score (nSPS) is 10.8. The Morgan fingerprint density at radius 2 is 2.08 bits per heavy atom. The van der Waals surface area contributed by atoms with Gasteiger partial charge in [-0.15, -0.1) is 11.3 Å². The standard InChI is InChI=1S/C18H25N3O3S/c1-5-19-17(22)11-21(6-2)10-13-12-25-18(20-13)15-8-7-14(23-3)9-16(15)24-4/h7-9,12H,5-6,10-11H2,1-4H3,(H,19,22). The molecule has 7 heteroatoms. The average Bonchev–Trinajstić information content (AvgIpc) is 3.08. The molecule has 1 amide bonds. The molecular formula is C18H25N3O3S. The fourth-order valence-corrected chi connectivity index (χ4v) is 3.28. The van der Waals surface area contributed by atoms with E-state index in [1.165, 1.54) is 0 Å². The highest BCUT2D eigenvalue weighted by atomic mass is 32.1. The van der Waals surface area contributed by atoms with Crippen LogP contribution in [0.5, 0.6) is 11.5 Å². The third kappa shape index (κ3) is 5.17. The van der Waals surface area contributed by atoms with Gasteiger partial charge in [0, 0.05) is 24.5 Å². The number of carbonyl (C=O) groups is 1. The van der Waals surface area contributed by atoms with Gasteiger partial charge in [-0.05, 0) is 25.6 Å². The summed E-state index contributed by atoms with van der Waals surface area (Å²) in [6.45, 7) is 6.41. The molecule has 1 aromatic carbocycles. The molecule has 0 radical (unpaired) electrons. The zero-order valence-electron chi connectivity index (χ0n) is 15.2. The van der Waals surface area contributed by atoms with Crippen molar-refractivity contribution in [3.05, 3.63) is 29.3 Å². The summed E-state index contributed by atoms with van der Waals surface area (Å²) in [4.78, 5) is 18.5. The molecule has 1 N–H and O–H groups in total. The minimum Gasteiger partial charge on any atom is -0.497 e. The highest BCUT2D eigenvalue weighted by Gasteiger charge is 2.14. The fourth-order valence-electron chi connectivity index (χ4n) is 2.44. The number of amides is 1. The molecule has 0 fully saturated rings. The van der Waals surface area contributed by atoms with E-state index >= 15 is 0 Å². The van der Waals surface area contributed by atoms with Crippen molar-refractivity contribution in [3.8, 4) is 22.1 Å². The van der Waals surface area contributed by atoms with E-state index in [1.807, 2.05) is 37.4 Å². The number of aromatic nitrogens is 1. The minimum absolute atomic E-state index is 0.0385. The van der Waals surface area contributed by atoms with Crippen LogP contribution in [0.2, 0.25) is 0 Å². The summed E-state index contributed by atoms with van der Waals surface area (Å²) in [5, 5.41) is 5.75. The number of rotatable bonds is 9. The van der Waals surface area contributed by atoms with Crippen LogP contribution in [0.4, 0.5) is 0 Å². The highest BCUT2D eigenvalue weighted by Crippen LogP contribution is 2.35. The van der Waals surface area contributed by atoms with E-state index in [-0.39, 0.29) is 5.91 Å². The maximum absolute atomic E-state index is 11.8. The fraction of sp³-hybridized carbons (Fsp3) is 0.444. The first-order valence-corrected chi connectivity index (χ1v) is 9.15. The predicted octanol–water partition coefficient (Wildman–Crippen LogP) is 2.79. The molecule has 0 spiro atoms. The zero-order chi connectivity index (χ0) is 18.2. The number of benzene rings is 1. The number of thiazole rings is 1. The van der Waals surface area contributed by atoms with Crippen molar-refractivity contribution in [1.29, 1.82) is 0 Å². The van der Waals surface area contributed by atoms with E-state index in [0.29, 0.717) is 19.6 Å². The van der Waals surface area contributed by atoms with Gasteiger partial charge < -0.3 is 14.8 Å². The molecule has 0 aliphatic heterocycles. The molecule has 0 atom stereocenters. The maximum atomic E-state index is 11.8. The first kappa shape index (κ1) is 19.2. The Bertz CT molecular complexity index is 703. The van der Waals surface area contributed by atoms with Crippen LogP contribution in [-0.4, -0.2) is 49.6 Å². The number of methoxy groups -OCH3 is 2. The first-order valence-electron chi connectivity index (χ1n) is 8.27. The van der Waals surface area contributed by atoms with Crippen LogP contribution < -0.4 is 14.8 Å². The van der Waals surface area contributed by atoms with Crippen LogP contribution in [0.3, 0.4) is 0 Å². The summed E-state index contributed by atoms with van der Waals surface area (Å²) in [6, 6.07) is 5.70. The first-order chi connectivity index (χ1) is 12.1. The number of nitrogens with zero attached hydrogens (tertiary/aromatic N) is 2. The summed E-state index contributed by atoms with van der Waals surface area (Å²) >= 11 is 1.57. The van der Waals surface area contributed by atoms with E-state index in [9.17, 15) is 4.79 Å². The number of ether oxygens (including phenoxy) is 2. The molecule has 0 bridgehead atoms. The van der Waals surface area contributed by atoms with Crippen molar-refractivity contribution >= 4 is 17.2 Å². The topological polar surface area (TPSA) is 63.7 Å². The van der Waals surface area contributed by atoms with Gasteiger partial charge in [0.25, 0.3) is 0 Å². The molecule has 1 aromatic heterocycles. The van der Waals surface area contributed by atoms with Crippen molar-refractivity contribution in [3.63, 3.8) is 0 Å². The van der Waals surface area contributed by atoms with E-state index in [2.05, 4.69) is 10.2 Å². The number of nitrogens with one attached hydrogen (secondary N) is 1. The molecule has 0 aliphatic carbocycles. The van der Waals surface area contributed by atoms with E-state index in [1.54, 1.807) is 25.6 Å². The second-order valence-corrected chi connectivity index (χ2v) is 6.33. The number of hydrogen-bond acceptors (Lipinski definition) is 6. The van der Waals surface area contributed by atoms with Gasteiger partial charge in [0.2, 0.25) is 5.91 Å². The molecule has 6 nitrogen and oxygen atoms in total. The molecular weight excluding hydrogens is 338 g/mol. The van der Waals surface area contributed by atoms with Crippen molar-refractivity contribution in [2.24, 2.45) is 0 Å². The molecule has 2 aromatic rings. The van der Waals surface area contributed by atoms with Crippen molar-refractivity contribution in [2.75, 3.05) is 33.9 Å². The zero-order valence-corrected chi connectivity index (χ0v) is 16.0. The van der Waals surface area contributed by atoms with Crippen LogP contribution >= 0.6 is 11.3 Å². The van der Waals surface area contributed by atoms with Crippen LogP contribution in [0.25, 0.3) is 10.6 Å². The predicted molar refractivity (Wildman–Crippen MR) is 100 cm³/mol. The Kier molecular flexibility index (Phi) is 7.21. The van der Waals surface area contributed by atoms with Gasteiger partial charge in [-0.2, -0.15) is 0 Å². The second-order valence-electron chi connectivity index (χ2n) is 5.47. The third-order valence-electron chi connectivity index (χ3n) is 3.76. The monoisotopic (exact) mass is 363 g/mol. The number of carbonyl (C=O) groups excluding carboxylic acids is 1. The molecule has 0 aliphatic rings. The summed E-state index contributed by atoms with van der Waals surface area (Å²) in [7, 11) is 3.27. The van der Waals surface area contributed by atoms with Crippen molar-refractivity contribution < 1.29 is 14.3 Å². The molecule has 0 unspecified atom stereocenters. The molecule has 136 valence electrons. The molecule has 2 rings (SSSR count). The maximum Gasteiger partial charge on any atom is 0.234 e. The van der Waals surface area contributed by atoms with Crippen LogP contribution in [0.15, 0.2) is 23.6 Å². The number of hydrogen-bond donors (Lipinski definition) is 1. The Hall–Kier alpha value is -2.12. The van der Waals surface area contributed by atoms with Gasteiger partial charge in [0.05, 0.1) is 32.0 Å². The smallest absolute Gasteiger partial charge is 0.234 e. The van der Waals surface area contributed by atoms with Gasteiger partial charge in [0.15, 0.2) is 0 Å². The Balaban J connectivity index is 2.12. The molecule has 0 saturated heterocycles. The summed E-state index contributed by atoms with van der Waals surface area (Å²) in [5.74, 6) is 1.52. The van der Waals surface area contributed by atoms with E-state index < -0.39 is 0 Å². The lowest BCUT2D eigenvalue weighted by atomic mass is 10.2. The second kappa shape index (κ2) is 9.39. The minimum atomic E-state index is 0.0385. The lowest BCUT2D eigenvalue weighted by Gasteiger charge is -2.18. The van der Waals surface area contributed by atoms with E-state index in [4.69, 9.17) is 14.5 Å². The molecule has 1 heterocycles. The lowest BCUT2D eigenvalue weighted by Crippen LogP contribution is -2.36. The van der Waals surface area contributed by atoms with Crippen LogP contribution in [-0.2, 0) is 11.3 Å². The van der Waals surface area contributed by atoms with Gasteiger partial charge >= 0.3 is 0 Å².